The second kappa shape index (κ2) is 9.02. The van der Waals surface area contributed by atoms with E-state index < -0.39 is 0 Å². The van der Waals surface area contributed by atoms with E-state index in [-0.39, 0.29) is 5.91 Å². The van der Waals surface area contributed by atoms with Gasteiger partial charge in [0.15, 0.2) is 11.5 Å². The Morgan fingerprint density at radius 3 is 2.72 bits per heavy atom. The predicted molar refractivity (Wildman–Crippen MR) is 101 cm³/mol. The molecule has 1 heterocycles. The van der Waals surface area contributed by atoms with Crippen LogP contribution in [-0.4, -0.2) is 17.6 Å². The van der Waals surface area contributed by atoms with Gasteiger partial charge in [0.25, 0.3) is 5.91 Å². The predicted octanol–water partition coefficient (Wildman–Crippen LogP) is 5.07. The molecule has 0 bridgehead atoms. The van der Waals surface area contributed by atoms with Crippen molar-refractivity contribution in [3.8, 4) is 11.3 Å². The van der Waals surface area contributed by atoms with Gasteiger partial charge in [0.05, 0.1) is 0 Å². The van der Waals surface area contributed by atoms with E-state index in [9.17, 15) is 4.79 Å². The molecule has 1 N–H and O–H groups in total. The number of allylic oxidation sites excluding steroid dienone is 3. The Morgan fingerprint density at radius 2 is 2.00 bits per heavy atom. The van der Waals surface area contributed by atoms with Gasteiger partial charge in [-0.3, -0.25) is 4.79 Å². The Labute approximate surface area is 149 Å². The molecule has 0 radical (unpaired) electrons. The van der Waals surface area contributed by atoms with E-state index in [1.165, 1.54) is 11.1 Å². The smallest absolute Gasteiger partial charge is 0.273 e. The van der Waals surface area contributed by atoms with Gasteiger partial charge >= 0.3 is 0 Å². The fourth-order valence-electron chi connectivity index (χ4n) is 2.42. The molecule has 0 aliphatic heterocycles. The number of hydrogen-bond donors (Lipinski definition) is 1. The number of rotatable bonds is 7. The number of aryl methyl sites for hydroxylation is 1. The Balaban J connectivity index is 1.88. The van der Waals surface area contributed by atoms with Crippen LogP contribution in [0.2, 0.25) is 0 Å². The molecule has 0 fully saturated rings. The van der Waals surface area contributed by atoms with Crippen LogP contribution in [0.15, 0.2) is 58.2 Å². The molecule has 0 atom stereocenters. The first kappa shape index (κ1) is 18.7. The van der Waals surface area contributed by atoms with Crippen molar-refractivity contribution >= 4 is 5.91 Å². The van der Waals surface area contributed by atoms with Gasteiger partial charge in [0.2, 0.25) is 0 Å². The second-order valence-electron chi connectivity index (χ2n) is 6.53. The lowest BCUT2D eigenvalue weighted by Crippen LogP contribution is -2.23. The van der Waals surface area contributed by atoms with Gasteiger partial charge in [-0.1, -0.05) is 52.2 Å². The van der Waals surface area contributed by atoms with E-state index in [4.69, 9.17) is 4.52 Å². The van der Waals surface area contributed by atoms with Crippen molar-refractivity contribution in [2.45, 2.75) is 40.5 Å². The number of aromatic nitrogens is 1. The van der Waals surface area contributed by atoms with Crippen LogP contribution in [-0.2, 0) is 0 Å². The van der Waals surface area contributed by atoms with Crippen molar-refractivity contribution in [1.29, 1.82) is 0 Å². The summed E-state index contributed by atoms with van der Waals surface area (Å²) in [4.78, 5) is 12.2. The summed E-state index contributed by atoms with van der Waals surface area (Å²) in [5.74, 6) is 0.373. The zero-order valence-corrected chi connectivity index (χ0v) is 15.4. The Hall–Kier alpha value is -2.62. The van der Waals surface area contributed by atoms with Crippen LogP contribution in [0.25, 0.3) is 11.3 Å². The number of hydrogen-bond acceptors (Lipinski definition) is 3. The van der Waals surface area contributed by atoms with Crippen molar-refractivity contribution in [1.82, 2.24) is 10.5 Å². The molecule has 0 aliphatic rings. The summed E-state index contributed by atoms with van der Waals surface area (Å²) >= 11 is 0. The molecule has 0 spiro atoms. The topological polar surface area (TPSA) is 55.1 Å². The maximum Gasteiger partial charge on any atom is 0.273 e. The molecule has 4 nitrogen and oxygen atoms in total. The van der Waals surface area contributed by atoms with Crippen LogP contribution < -0.4 is 5.32 Å². The van der Waals surface area contributed by atoms with Crippen LogP contribution in [0.3, 0.4) is 0 Å². The number of nitrogens with zero attached hydrogens (tertiary/aromatic N) is 1. The molecular formula is C21H26N2O2. The first-order valence-electron chi connectivity index (χ1n) is 8.56. The summed E-state index contributed by atoms with van der Waals surface area (Å²) in [6.07, 6.45) is 6.29. The zero-order chi connectivity index (χ0) is 18.2. The summed E-state index contributed by atoms with van der Waals surface area (Å²) in [5, 5.41) is 6.73. The van der Waals surface area contributed by atoms with Gasteiger partial charge in [-0.15, -0.1) is 0 Å². The van der Waals surface area contributed by atoms with E-state index in [0.29, 0.717) is 18.0 Å². The lowest BCUT2D eigenvalue weighted by Gasteiger charge is -2.01. The summed E-state index contributed by atoms with van der Waals surface area (Å²) in [6, 6.07) is 9.58. The van der Waals surface area contributed by atoms with Crippen LogP contribution >= 0.6 is 0 Å². The Morgan fingerprint density at radius 1 is 1.20 bits per heavy atom. The molecule has 4 heteroatoms. The molecule has 132 valence electrons. The summed E-state index contributed by atoms with van der Waals surface area (Å²) < 4.78 is 5.30. The SMILES string of the molecule is CC(C)=CCCC(C)=CCNC(=O)c1cc(-c2cccc(C)c2)on1. The van der Waals surface area contributed by atoms with Crippen LogP contribution in [0.4, 0.5) is 0 Å². The van der Waals surface area contributed by atoms with E-state index in [0.717, 1.165) is 24.0 Å². The standard InChI is InChI=1S/C21H26N2O2/c1-15(2)7-5-8-16(3)11-12-22-21(24)19-14-20(25-23-19)18-10-6-9-17(4)13-18/h6-7,9-11,13-14H,5,8,12H2,1-4H3,(H,22,24). The third kappa shape index (κ3) is 6.07. The molecule has 25 heavy (non-hydrogen) atoms. The Bertz CT molecular complexity index is 781. The minimum Gasteiger partial charge on any atom is -0.355 e. The Kier molecular flexibility index (Phi) is 6.75. The highest BCUT2D eigenvalue weighted by Gasteiger charge is 2.13. The van der Waals surface area contributed by atoms with Crippen molar-refractivity contribution in [3.63, 3.8) is 0 Å². The molecule has 0 saturated carbocycles. The van der Waals surface area contributed by atoms with Gasteiger partial charge in [0, 0.05) is 18.2 Å². The number of nitrogens with one attached hydrogen (secondary N) is 1. The van der Waals surface area contributed by atoms with Crippen LogP contribution in [0, 0.1) is 6.92 Å². The van der Waals surface area contributed by atoms with Crippen LogP contribution in [0.5, 0.6) is 0 Å². The number of amides is 1. The first-order valence-corrected chi connectivity index (χ1v) is 8.56. The summed E-state index contributed by atoms with van der Waals surface area (Å²) in [6.45, 7) is 8.78. The molecule has 2 aromatic rings. The molecule has 0 unspecified atom stereocenters. The lowest BCUT2D eigenvalue weighted by atomic mass is 10.1. The number of carbonyl (C=O) groups excluding carboxylic acids is 1. The molecular weight excluding hydrogens is 312 g/mol. The van der Waals surface area contributed by atoms with Crippen molar-refractivity contribution in [2.24, 2.45) is 0 Å². The molecule has 2 rings (SSSR count). The monoisotopic (exact) mass is 338 g/mol. The maximum absolute atomic E-state index is 12.2. The van der Waals surface area contributed by atoms with Crippen LogP contribution in [0.1, 0.15) is 49.7 Å². The summed E-state index contributed by atoms with van der Waals surface area (Å²) in [5.41, 5.74) is 4.94. The van der Waals surface area contributed by atoms with Gasteiger partial charge < -0.3 is 9.84 Å². The largest absolute Gasteiger partial charge is 0.355 e. The zero-order valence-electron chi connectivity index (χ0n) is 15.4. The molecule has 1 amide bonds. The molecule has 1 aromatic carbocycles. The highest BCUT2D eigenvalue weighted by Crippen LogP contribution is 2.21. The molecule has 0 saturated heterocycles. The van der Waals surface area contributed by atoms with Gasteiger partial charge in [-0.2, -0.15) is 0 Å². The fraction of sp³-hybridized carbons (Fsp3) is 0.333. The maximum atomic E-state index is 12.2. The van der Waals surface area contributed by atoms with Gasteiger partial charge in [-0.05, 0) is 46.6 Å². The fourth-order valence-corrected chi connectivity index (χ4v) is 2.42. The van der Waals surface area contributed by atoms with Crippen molar-refractivity contribution in [3.05, 3.63) is 64.9 Å². The van der Waals surface area contributed by atoms with E-state index in [1.54, 1.807) is 6.07 Å². The third-order valence-electron chi connectivity index (χ3n) is 3.85. The minimum atomic E-state index is -0.226. The molecule has 0 aliphatic carbocycles. The van der Waals surface area contributed by atoms with E-state index in [2.05, 4.69) is 37.3 Å². The third-order valence-corrected chi connectivity index (χ3v) is 3.85. The summed E-state index contributed by atoms with van der Waals surface area (Å²) in [7, 11) is 0. The minimum absolute atomic E-state index is 0.226. The molecule has 1 aromatic heterocycles. The second-order valence-corrected chi connectivity index (χ2v) is 6.53. The van der Waals surface area contributed by atoms with Gasteiger partial charge in [-0.25, -0.2) is 0 Å². The van der Waals surface area contributed by atoms with Crippen molar-refractivity contribution < 1.29 is 9.32 Å². The lowest BCUT2D eigenvalue weighted by molar-refractivity contribution is 0.0949. The first-order chi connectivity index (χ1) is 12.0. The highest BCUT2D eigenvalue weighted by atomic mass is 16.5. The van der Waals surface area contributed by atoms with E-state index >= 15 is 0 Å². The number of benzene rings is 1. The highest BCUT2D eigenvalue weighted by molar-refractivity contribution is 5.93. The normalized spacial score (nSPS) is 11.3. The van der Waals surface area contributed by atoms with E-state index in [1.807, 2.05) is 37.3 Å². The average molecular weight is 338 g/mol. The quantitative estimate of drug-likeness (QED) is 0.717. The van der Waals surface area contributed by atoms with Crippen molar-refractivity contribution in [2.75, 3.05) is 6.54 Å². The van der Waals surface area contributed by atoms with Gasteiger partial charge in [0.1, 0.15) is 0 Å². The number of carbonyl (C=O) groups is 1. The average Bonchev–Trinajstić information content (AvgIpc) is 3.04.